The number of rotatable bonds is 7. The van der Waals surface area contributed by atoms with Gasteiger partial charge >= 0.3 is 0 Å². The van der Waals surface area contributed by atoms with Crippen LogP contribution in [0.25, 0.3) is 16.8 Å². The normalized spacial score (nSPS) is 11.1. The summed E-state index contributed by atoms with van der Waals surface area (Å²) in [5.74, 6) is 0.161. The lowest BCUT2D eigenvalue weighted by molar-refractivity contribution is -0.112. The van der Waals surface area contributed by atoms with Crippen LogP contribution < -0.4 is 10.1 Å². The van der Waals surface area contributed by atoms with Gasteiger partial charge in [-0.1, -0.05) is 79.7 Å². The molecule has 1 amide bonds. The second kappa shape index (κ2) is 10.3. The molecule has 0 spiro atoms. The monoisotopic (exact) mass is 432 g/mol. The van der Waals surface area contributed by atoms with E-state index in [0.717, 1.165) is 22.8 Å². The number of hydrogen-bond acceptors (Lipinski definition) is 3. The molecule has 4 aromatic carbocycles. The number of nitriles is 1. The maximum Gasteiger partial charge on any atom is 0.266 e. The molecule has 4 aromatic rings. The van der Waals surface area contributed by atoms with Crippen molar-refractivity contribution >= 4 is 28.4 Å². The van der Waals surface area contributed by atoms with E-state index in [1.54, 1.807) is 6.08 Å². The van der Waals surface area contributed by atoms with Gasteiger partial charge in [0.25, 0.3) is 5.91 Å². The Morgan fingerprint density at radius 1 is 0.909 bits per heavy atom. The molecule has 0 saturated carbocycles. The summed E-state index contributed by atoms with van der Waals surface area (Å²) in [6.07, 6.45) is 2.53. The Bertz CT molecular complexity index is 1330. The number of carbonyl (C=O) groups excluding carboxylic acids is 1. The van der Waals surface area contributed by atoms with Crippen molar-refractivity contribution in [1.82, 2.24) is 0 Å². The molecule has 0 bridgehead atoms. The Hall–Kier alpha value is -4.36. The zero-order valence-corrected chi connectivity index (χ0v) is 18.4. The summed E-state index contributed by atoms with van der Waals surface area (Å²) in [5.41, 5.74) is 3.58. The van der Waals surface area contributed by atoms with Crippen molar-refractivity contribution in [2.75, 3.05) is 5.32 Å². The van der Waals surface area contributed by atoms with E-state index in [0.29, 0.717) is 23.6 Å². The standard InChI is InChI=1S/C29H24N2O2/c1-2-21-12-15-25(16-13-21)31-29(32)24(19-30)18-27-26-11-7-6-10-23(26)14-17-28(27)33-20-22-8-4-3-5-9-22/h3-18H,2,20H2,1H3,(H,31,32)/b24-18-. The second-order valence-corrected chi connectivity index (χ2v) is 7.65. The number of benzene rings is 4. The number of anilines is 1. The number of fused-ring (bicyclic) bond motifs is 1. The summed E-state index contributed by atoms with van der Waals surface area (Å²) in [7, 11) is 0. The second-order valence-electron chi connectivity index (χ2n) is 7.65. The van der Waals surface area contributed by atoms with Crippen LogP contribution in [0.2, 0.25) is 0 Å². The van der Waals surface area contributed by atoms with Gasteiger partial charge in [0.05, 0.1) is 0 Å². The van der Waals surface area contributed by atoms with Crippen LogP contribution in [0.3, 0.4) is 0 Å². The third kappa shape index (κ3) is 5.28. The molecular formula is C29H24N2O2. The van der Waals surface area contributed by atoms with Crippen LogP contribution in [-0.4, -0.2) is 5.91 Å². The minimum absolute atomic E-state index is 0.00971. The fourth-order valence-corrected chi connectivity index (χ4v) is 3.60. The van der Waals surface area contributed by atoms with Crippen molar-refractivity contribution < 1.29 is 9.53 Å². The summed E-state index contributed by atoms with van der Waals surface area (Å²) in [4.78, 5) is 12.9. The summed E-state index contributed by atoms with van der Waals surface area (Å²) in [6.45, 7) is 2.46. The van der Waals surface area contributed by atoms with Gasteiger partial charge in [-0.15, -0.1) is 0 Å². The van der Waals surface area contributed by atoms with Gasteiger partial charge in [0.15, 0.2) is 0 Å². The van der Waals surface area contributed by atoms with Gasteiger partial charge in [-0.25, -0.2) is 0 Å². The minimum atomic E-state index is -0.455. The Morgan fingerprint density at radius 2 is 1.64 bits per heavy atom. The molecule has 4 nitrogen and oxygen atoms in total. The van der Waals surface area contributed by atoms with Gasteiger partial charge < -0.3 is 10.1 Å². The van der Waals surface area contributed by atoms with Gasteiger partial charge in [0.2, 0.25) is 0 Å². The molecule has 0 aliphatic heterocycles. The van der Waals surface area contributed by atoms with Crippen LogP contribution in [0, 0.1) is 11.3 Å². The van der Waals surface area contributed by atoms with Crippen LogP contribution >= 0.6 is 0 Å². The van der Waals surface area contributed by atoms with E-state index in [9.17, 15) is 10.1 Å². The molecule has 0 heterocycles. The molecule has 0 aliphatic carbocycles. The van der Waals surface area contributed by atoms with Crippen LogP contribution in [0.15, 0.2) is 96.6 Å². The molecule has 0 unspecified atom stereocenters. The van der Waals surface area contributed by atoms with E-state index in [4.69, 9.17) is 4.74 Å². The third-order valence-corrected chi connectivity index (χ3v) is 5.44. The van der Waals surface area contributed by atoms with Crippen LogP contribution in [-0.2, 0) is 17.8 Å². The lowest BCUT2D eigenvalue weighted by Crippen LogP contribution is -2.13. The molecule has 4 heteroatoms. The molecule has 4 rings (SSSR count). The SMILES string of the molecule is CCc1ccc(NC(=O)/C(C#N)=C\c2c(OCc3ccccc3)ccc3ccccc23)cc1. The molecule has 162 valence electrons. The molecule has 33 heavy (non-hydrogen) atoms. The number of ether oxygens (including phenoxy) is 1. The van der Waals surface area contributed by atoms with E-state index < -0.39 is 5.91 Å². The number of hydrogen-bond donors (Lipinski definition) is 1. The maximum absolute atomic E-state index is 12.9. The van der Waals surface area contributed by atoms with Crippen LogP contribution in [0.4, 0.5) is 5.69 Å². The van der Waals surface area contributed by atoms with Crippen molar-refractivity contribution in [2.45, 2.75) is 20.0 Å². The van der Waals surface area contributed by atoms with Gasteiger partial charge in [0, 0.05) is 11.3 Å². The molecule has 0 atom stereocenters. The predicted octanol–water partition coefficient (Wildman–Crippen LogP) is 6.53. The van der Waals surface area contributed by atoms with Gasteiger partial charge in [0.1, 0.15) is 24.0 Å². The Balaban J connectivity index is 1.67. The average Bonchev–Trinajstić information content (AvgIpc) is 2.87. The number of nitrogens with one attached hydrogen (secondary N) is 1. The lowest BCUT2D eigenvalue weighted by Gasteiger charge is -2.13. The highest BCUT2D eigenvalue weighted by Crippen LogP contribution is 2.31. The van der Waals surface area contributed by atoms with E-state index in [1.807, 2.05) is 91.0 Å². The first-order valence-corrected chi connectivity index (χ1v) is 10.9. The molecular weight excluding hydrogens is 408 g/mol. The first-order chi connectivity index (χ1) is 16.2. The fourth-order valence-electron chi connectivity index (χ4n) is 3.60. The topological polar surface area (TPSA) is 62.1 Å². The minimum Gasteiger partial charge on any atom is -0.488 e. The molecule has 0 aromatic heterocycles. The van der Waals surface area contributed by atoms with Crippen LogP contribution in [0.5, 0.6) is 5.75 Å². The average molecular weight is 433 g/mol. The van der Waals surface area contributed by atoms with Crippen molar-refractivity contribution in [3.05, 3.63) is 113 Å². The number of nitrogens with zero attached hydrogens (tertiary/aromatic N) is 1. The van der Waals surface area contributed by atoms with E-state index in [1.165, 1.54) is 5.56 Å². The lowest BCUT2D eigenvalue weighted by atomic mass is 10.0. The highest BCUT2D eigenvalue weighted by atomic mass is 16.5. The summed E-state index contributed by atoms with van der Waals surface area (Å²) in [6, 6.07) is 31.3. The first kappa shape index (κ1) is 21.9. The number of aryl methyl sites for hydroxylation is 1. The zero-order chi connectivity index (χ0) is 23.0. The summed E-state index contributed by atoms with van der Waals surface area (Å²) >= 11 is 0. The highest BCUT2D eigenvalue weighted by molar-refractivity contribution is 6.11. The van der Waals surface area contributed by atoms with E-state index >= 15 is 0 Å². The molecule has 1 N–H and O–H groups in total. The smallest absolute Gasteiger partial charge is 0.266 e. The molecule has 0 saturated heterocycles. The molecule has 0 fully saturated rings. The highest BCUT2D eigenvalue weighted by Gasteiger charge is 2.14. The van der Waals surface area contributed by atoms with Crippen LogP contribution in [0.1, 0.15) is 23.6 Å². The summed E-state index contributed by atoms with van der Waals surface area (Å²) < 4.78 is 6.11. The Kier molecular flexibility index (Phi) is 6.82. The van der Waals surface area contributed by atoms with Crippen molar-refractivity contribution in [1.29, 1.82) is 5.26 Å². The van der Waals surface area contributed by atoms with Crippen molar-refractivity contribution in [2.24, 2.45) is 0 Å². The largest absolute Gasteiger partial charge is 0.488 e. The third-order valence-electron chi connectivity index (χ3n) is 5.44. The van der Waals surface area contributed by atoms with Crippen molar-refractivity contribution in [3.8, 4) is 11.8 Å². The van der Waals surface area contributed by atoms with Crippen molar-refractivity contribution in [3.63, 3.8) is 0 Å². The van der Waals surface area contributed by atoms with Gasteiger partial charge in [-0.05, 0) is 52.6 Å². The maximum atomic E-state index is 12.9. The quantitative estimate of drug-likeness (QED) is 0.267. The van der Waals surface area contributed by atoms with E-state index in [-0.39, 0.29) is 5.57 Å². The summed E-state index contributed by atoms with van der Waals surface area (Å²) in [5, 5.41) is 14.5. The van der Waals surface area contributed by atoms with Gasteiger partial charge in [-0.3, -0.25) is 4.79 Å². The Labute approximate surface area is 193 Å². The Morgan fingerprint density at radius 3 is 2.36 bits per heavy atom. The zero-order valence-electron chi connectivity index (χ0n) is 18.4. The fraction of sp³-hybridized carbons (Fsp3) is 0.103. The first-order valence-electron chi connectivity index (χ1n) is 10.9. The van der Waals surface area contributed by atoms with Gasteiger partial charge in [-0.2, -0.15) is 5.26 Å². The predicted molar refractivity (Wildman–Crippen MR) is 133 cm³/mol. The number of amides is 1. The van der Waals surface area contributed by atoms with E-state index in [2.05, 4.69) is 18.3 Å². The molecule has 0 aliphatic rings. The molecule has 0 radical (unpaired) electrons. The number of carbonyl (C=O) groups is 1.